The topological polar surface area (TPSA) is 55.9 Å². The molecule has 0 bridgehead atoms. The van der Waals surface area contributed by atoms with Crippen molar-refractivity contribution in [2.24, 2.45) is 5.41 Å². The van der Waals surface area contributed by atoms with Gasteiger partial charge in [-0.3, -0.25) is 9.69 Å². The summed E-state index contributed by atoms with van der Waals surface area (Å²) >= 11 is 1.82. The second kappa shape index (κ2) is 8.78. The van der Waals surface area contributed by atoms with Gasteiger partial charge in [-0.15, -0.1) is 11.3 Å². The van der Waals surface area contributed by atoms with Gasteiger partial charge in [-0.2, -0.15) is 0 Å². The Morgan fingerprint density at radius 3 is 2.57 bits per heavy atom. The summed E-state index contributed by atoms with van der Waals surface area (Å²) in [4.78, 5) is 34.6. The fourth-order valence-corrected chi connectivity index (χ4v) is 5.59. The van der Waals surface area contributed by atoms with Crippen LogP contribution >= 0.6 is 11.3 Å². The number of para-hydroxylation sites is 1. The lowest BCUT2D eigenvalue weighted by Gasteiger charge is -2.33. The number of nitrogens with zero attached hydrogens (tertiary/aromatic N) is 3. The molecule has 1 unspecified atom stereocenters. The number of urea groups is 1. The number of anilines is 1. The quantitative estimate of drug-likeness (QED) is 0.812. The zero-order valence-electron chi connectivity index (χ0n) is 17.8. The summed E-state index contributed by atoms with van der Waals surface area (Å²) in [5.74, 6) is 0.203. The summed E-state index contributed by atoms with van der Waals surface area (Å²) in [6.07, 6.45) is 0.510. The molecule has 4 rings (SSSR count). The normalized spacial score (nSPS) is 22.5. The molecule has 1 spiro atoms. The first-order chi connectivity index (χ1) is 14.5. The fourth-order valence-electron chi connectivity index (χ4n) is 4.65. The lowest BCUT2D eigenvalue weighted by atomic mass is 9.86. The van der Waals surface area contributed by atoms with Crippen LogP contribution in [0.15, 0.2) is 42.5 Å². The lowest BCUT2D eigenvalue weighted by molar-refractivity contribution is -0.127. The van der Waals surface area contributed by atoms with Gasteiger partial charge in [-0.05, 0) is 38.1 Å². The van der Waals surface area contributed by atoms with Crippen LogP contribution in [0.4, 0.5) is 10.5 Å². The predicted octanol–water partition coefficient (Wildman–Crippen LogP) is 3.64. The number of nitrogens with one attached hydrogen (secondary N) is 1. The molecule has 1 aromatic heterocycles. The molecule has 0 radical (unpaired) electrons. The van der Waals surface area contributed by atoms with Crippen LogP contribution in [0, 0.1) is 12.3 Å². The molecular formula is C23H30N4O2S. The first-order valence-electron chi connectivity index (χ1n) is 10.6. The summed E-state index contributed by atoms with van der Waals surface area (Å²) in [5.41, 5.74) is 0.577. The summed E-state index contributed by atoms with van der Waals surface area (Å²) < 4.78 is 0. The first-order valence-corrected chi connectivity index (χ1v) is 11.4. The van der Waals surface area contributed by atoms with Crippen LogP contribution < -0.4 is 5.32 Å². The zero-order valence-corrected chi connectivity index (χ0v) is 18.6. The summed E-state index contributed by atoms with van der Waals surface area (Å²) in [5, 5.41) is 3.02. The molecule has 3 heterocycles. The van der Waals surface area contributed by atoms with Crippen molar-refractivity contribution in [2.75, 3.05) is 44.6 Å². The number of rotatable bonds is 4. The average molecular weight is 427 g/mol. The molecule has 2 aliphatic rings. The second-order valence-electron chi connectivity index (χ2n) is 8.53. The van der Waals surface area contributed by atoms with E-state index in [1.54, 1.807) is 0 Å². The third-order valence-corrected chi connectivity index (χ3v) is 7.03. The Balaban J connectivity index is 1.53. The largest absolute Gasteiger partial charge is 0.342 e. The highest BCUT2D eigenvalue weighted by molar-refractivity contribution is 7.11. The molecule has 1 N–H and O–H groups in total. The van der Waals surface area contributed by atoms with Gasteiger partial charge in [0, 0.05) is 73.1 Å². The Hall–Kier alpha value is -2.38. The Bertz CT molecular complexity index is 900. The van der Waals surface area contributed by atoms with Gasteiger partial charge < -0.3 is 15.1 Å². The number of aryl methyl sites for hydroxylation is 1. The maximum atomic E-state index is 13.1. The lowest BCUT2D eigenvalue weighted by Crippen LogP contribution is -2.45. The van der Waals surface area contributed by atoms with Gasteiger partial charge in [0.2, 0.25) is 5.91 Å². The Morgan fingerprint density at radius 1 is 1.10 bits per heavy atom. The van der Waals surface area contributed by atoms with Crippen molar-refractivity contribution >= 4 is 29.0 Å². The molecule has 160 valence electrons. The van der Waals surface area contributed by atoms with Crippen LogP contribution in [-0.4, -0.2) is 65.9 Å². The van der Waals surface area contributed by atoms with Crippen molar-refractivity contribution in [3.05, 3.63) is 52.2 Å². The summed E-state index contributed by atoms with van der Waals surface area (Å²) in [7, 11) is 0. The molecule has 2 saturated heterocycles. The van der Waals surface area contributed by atoms with E-state index >= 15 is 0 Å². The standard InChI is InChI=1S/C23H30N4O2S/c1-3-26-16-23(13-21(26)28)15-25(14-20-10-9-18(2)30-20)11-12-27(17-23)22(29)24-19-7-5-4-6-8-19/h4-10H,3,11-17H2,1-2H3,(H,24,29). The molecule has 7 heteroatoms. The highest BCUT2D eigenvalue weighted by Crippen LogP contribution is 2.36. The molecule has 1 atom stereocenters. The number of hydrogen-bond acceptors (Lipinski definition) is 4. The minimum atomic E-state index is -0.218. The summed E-state index contributed by atoms with van der Waals surface area (Å²) in [6, 6.07) is 13.8. The molecule has 2 aromatic rings. The van der Waals surface area contributed by atoms with Gasteiger partial charge in [0.15, 0.2) is 0 Å². The van der Waals surface area contributed by atoms with Crippen LogP contribution in [0.3, 0.4) is 0 Å². The third kappa shape index (κ3) is 4.68. The van der Waals surface area contributed by atoms with E-state index in [0.717, 1.165) is 38.4 Å². The Morgan fingerprint density at radius 2 is 1.90 bits per heavy atom. The monoisotopic (exact) mass is 426 g/mol. The van der Waals surface area contributed by atoms with Crippen LogP contribution in [-0.2, 0) is 11.3 Å². The van der Waals surface area contributed by atoms with Crippen LogP contribution in [0.5, 0.6) is 0 Å². The van der Waals surface area contributed by atoms with Crippen molar-refractivity contribution in [1.82, 2.24) is 14.7 Å². The highest BCUT2D eigenvalue weighted by Gasteiger charge is 2.46. The number of hydrogen-bond donors (Lipinski definition) is 1. The number of carbonyl (C=O) groups is 2. The Kier molecular flexibility index (Phi) is 6.11. The zero-order chi connectivity index (χ0) is 21.1. The van der Waals surface area contributed by atoms with Crippen molar-refractivity contribution in [3.63, 3.8) is 0 Å². The van der Waals surface area contributed by atoms with Gasteiger partial charge >= 0.3 is 6.03 Å². The van der Waals surface area contributed by atoms with Crippen molar-refractivity contribution in [2.45, 2.75) is 26.8 Å². The molecule has 3 amide bonds. The van der Waals surface area contributed by atoms with E-state index in [1.807, 2.05) is 58.4 Å². The smallest absolute Gasteiger partial charge is 0.321 e. The number of benzene rings is 1. The molecule has 0 saturated carbocycles. The molecule has 6 nitrogen and oxygen atoms in total. The molecule has 0 aliphatic carbocycles. The third-order valence-electron chi connectivity index (χ3n) is 6.05. The van der Waals surface area contributed by atoms with Gasteiger partial charge in [-0.25, -0.2) is 4.79 Å². The number of amides is 3. The minimum Gasteiger partial charge on any atom is -0.342 e. The molecular weight excluding hydrogens is 396 g/mol. The van der Waals surface area contributed by atoms with E-state index in [2.05, 4.69) is 29.3 Å². The van der Waals surface area contributed by atoms with E-state index in [1.165, 1.54) is 9.75 Å². The maximum absolute atomic E-state index is 13.1. The number of carbonyl (C=O) groups excluding carboxylic acids is 2. The SMILES string of the molecule is CCN1CC2(CC1=O)CN(Cc1ccc(C)s1)CCN(C(=O)Nc1ccccc1)C2. The summed E-state index contributed by atoms with van der Waals surface area (Å²) in [6.45, 7) is 9.37. The van der Waals surface area contributed by atoms with Gasteiger partial charge in [-0.1, -0.05) is 18.2 Å². The van der Waals surface area contributed by atoms with E-state index in [-0.39, 0.29) is 17.4 Å². The van der Waals surface area contributed by atoms with E-state index < -0.39 is 0 Å². The highest BCUT2D eigenvalue weighted by atomic mass is 32.1. The van der Waals surface area contributed by atoms with E-state index in [0.29, 0.717) is 19.5 Å². The van der Waals surface area contributed by atoms with Crippen LogP contribution in [0.25, 0.3) is 0 Å². The first kappa shape index (κ1) is 20.9. The van der Waals surface area contributed by atoms with Crippen molar-refractivity contribution in [3.8, 4) is 0 Å². The van der Waals surface area contributed by atoms with Crippen LogP contribution in [0.2, 0.25) is 0 Å². The number of thiophene rings is 1. The minimum absolute atomic E-state index is 0.0863. The predicted molar refractivity (Wildman–Crippen MR) is 121 cm³/mol. The molecule has 1 aromatic carbocycles. The van der Waals surface area contributed by atoms with E-state index in [4.69, 9.17) is 0 Å². The molecule has 2 fully saturated rings. The fraction of sp³-hybridized carbons (Fsp3) is 0.478. The second-order valence-corrected chi connectivity index (χ2v) is 9.90. The van der Waals surface area contributed by atoms with Crippen molar-refractivity contribution in [1.29, 1.82) is 0 Å². The Labute approximate surface area is 182 Å². The molecule has 2 aliphatic heterocycles. The molecule has 30 heavy (non-hydrogen) atoms. The van der Waals surface area contributed by atoms with Crippen LogP contribution in [0.1, 0.15) is 23.1 Å². The van der Waals surface area contributed by atoms with Gasteiger partial charge in [0.1, 0.15) is 0 Å². The van der Waals surface area contributed by atoms with E-state index in [9.17, 15) is 9.59 Å². The van der Waals surface area contributed by atoms with Crippen molar-refractivity contribution < 1.29 is 9.59 Å². The number of likely N-dealkylation sites (tertiary alicyclic amines) is 1. The van der Waals surface area contributed by atoms with Gasteiger partial charge in [0.25, 0.3) is 0 Å². The average Bonchev–Trinajstić information content (AvgIpc) is 3.21. The maximum Gasteiger partial charge on any atom is 0.321 e. The van der Waals surface area contributed by atoms with Gasteiger partial charge in [0.05, 0.1) is 0 Å².